The van der Waals surface area contributed by atoms with E-state index in [2.05, 4.69) is 41.5 Å². The van der Waals surface area contributed by atoms with Gasteiger partial charge in [-0.15, -0.1) is 0 Å². The van der Waals surface area contributed by atoms with Crippen LogP contribution in [-0.4, -0.2) is 41.8 Å². The zero-order valence-corrected chi connectivity index (χ0v) is 24.0. The third kappa shape index (κ3) is 13.1. The lowest BCUT2D eigenvalue weighted by atomic mass is 9.95. The van der Waals surface area contributed by atoms with E-state index in [4.69, 9.17) is 29.0 Å². The van der Waals surface area contributed by atoms with Gasteiger partial charge in [-0.3, -0.25) is 0 Å². The van der Waals surface area contributed by atoms with Gasteiger partial charge in [0.25, 0.3) is 0 Å². The van der Waals surface area contributed by atoms with Crippen LogP contribution in [0, 0.1) is 0 Å². The molecule has 2 saturated carbocycles. The molecule has 7 heteroatoms. The van der Waals surface area contributed by atoms with Gasteiger partial charge in [0.05, 0.1) is 23.4 Å². The van der Waals surface area contributed by atoms with E-state index in [9.17, 15) is 4.79 Å². The lowest BCUT2D eigenvalue weighted by Crippen LogP contribution is -2.34. The molecule has 0 heterocycles. The van der Waals surface area contributed by atoms with Gasteiger partial charge in [-0.2, -0.15) is 0 Å². The van der Waals surface area contributed by atoms with Gasteiger partial charge in [-0.05, 0) is 91.9 Å². The summed E-state index contributed by atoms with van der Waals surface area (Å²) in [5.74, 6) is 0. The number of ether oxygens (including phenoxy) is 2. The van der Waals surface area contributed by atoms with E-state index < -0.39 is 6.16 Å². The van der Waals surface area contributed by atoms with Crippen LogP contribution in [0.15, 0.2) is 0 Å². The summed E-state index contributed by atoms with van der Waals surface area (Å²) < 4.78 is 11.2. The Morgan fingerprint density at radius 1 is 0.583 bits per heavy atom. The van der Waals surface area contributed by atoms with Crippen molar-refractivity contribution in [2.75, 3.05) is 0 Å². The summed E-state index contributed by atoms with van der Waals surface area (Å²) in [6, 6.07) is 0. The highest BCUT2D eigenvalue weighted by Gasteiger charge is 2.31. The first kappa shape index (κ1) is 31.3. The van der Waals surface area contributed by atoms with Gasteiger partial charge in [0.2, 0.25) is 0 Å². The predicted molar refractivity (Wildman–Crippen MR) is 140 cm³/mol. The maximum atomic E-state index is 12.4. The van der Waals surface area contributed by atoms with Crippen LogP contribution in [-0.2, 0) is 29.0 Å². The van der Waals surface area contributed by atoms with Gasteiger partial charge in [0, 0.05) is 0 Å². The van der Waals surface area contributed by atoms with E-state index in [1.807, 2.05) is 0 Å². The third-order valence-corrected chi connectivity index (χ3v) is 7.35. The van der Waals surface area contributed by atoms with Crippen LogP contribution < -0.4 is 0 Å². The molecule has 7 nitrogen and oxygen atoms in total. The summed E-state index contributed by atoms with van der Waals surface area (Å²) in [7, 11) is 0. The molecule has 0 saturated heterocycles. The number of carbonyl (C=O) groups is 1. The maximum absolute atomic E-state index is 12.4. The van der Waals surface area contributed by atoms with E-state index in [0.29, 0.717) is 0 Å². The molecule has 0 aliphatic heterocycles. The largest absolute Gasteiger partial charge is 0.508 e. The van der Waals surface area contributed by atoms with Crippen LogP contribution in [0.3, 0.4) is 0 Å². The van der Waals surface area contributed by atoms with Crippen LogP contribution in [0.1, 0.15) is 144 Å². The van der Waals surface area contributed by atoms with Gasteiger partial charge < -0.3 is 9.47 Å². The highest BCUT2D eigenvalue weighted by Crippen LogP contribution is 2.29. The molecule has 0 N–H and O–H groups in total. The Morgan fingerprint density at radius 2 is 0.917 bits per heavy atom. The van der Waals surface area contributed by atoms with Crippen LogP contribution in [0.25, 0.3) is 0 Å². The van der Waals surface area contributed by atoms with E-state index >= 15 is 0 Å². The molecule has 36 heavy (non-hydrogen) atoms. The van der Waals surface area contributed by atoms with Gasteiger partial charge in [-0.1, -0.05) is 52.4 Å². The normalized spacial score (nSPS) is 25.5. The minimum absolute atomic E-state index is 0.0560. The number of rotatable bonds is 16. The SMILES string of the molecule is CCCCCC(C)(C)OOC1CCC(OC(=O)OC2CCC(OOC(C)(C)CCCCC)CC2)CC1. The molecule has 0 bridgehead atoms. The van der Waals surface area contributed by atoms with Crippen molar-refractivity contribution in [2.45, 2.75) is 180 Å². The molecule has 0 amide bonds. The van der Waals surface area contributed by atoms with Crippen LogP contribution in [0.2, 0.25) is 0 Å². The summed E-state index contributed by atoms with van der Waals surface area (Å²) >= 11 is 0. The van der Waals surface area contributed by atoms with Crippen molar-refractivity contribution < 1.29 is 33.8 Å². The first-order valence-electron chi connectivity index (χ1n) is 14.7. The van der Waals surface area contributed by atoms with E-state index in [-0.39, 0.29) is 35.6 Å². The fourth-order valence-electron chi connectivity index (χ4n) is 4.87. The van der Waals surface area contributed by atoms with Crippen LogP contribution >= 0.6 is 0 Å². The van der Waals surface area contributed by atoms with Crippen molar-refractivity contribution in [2.24, 2.45) is 0 Å². The van der Waals surface area contributed by atoms with Crippen molar-refractivity contribution in [3.8, 4) is 0 Å². The van der Waals surface area contributed by atoms with Crippen molar-refractivity contribution in [3.05, 3.63) is 0 Å². The summed E-state index contributed by atoms with van der Waals surface area (Å²) in [4.78, 5) is 35.3. The monoisotopic (exact) mass is 514 g/mol. The highest BCUT2D eigenvalue weighted by atomic mass is 17.2. The molecule has 2 rings (SSSR count). The zero-order valence-electron chi connectivity index (χ0n) is 24.0. The maximum Gasteiger partial charge on any atom is 0.508 e. The molecule has 0 atom stereocenters. The predicted octanol–water partition coefficient (Wildman–Crippen LogP) is 8.38. The Hall–Kier alpha value is -0.890. The molecule has 2 aliphatic carbocycles. The van der Waals surface area contributed by atoms with E-state index in [1.54, 1.807) is 0 Å². The zero-order chi connectivity index (χ0) is 26.4. The van der Waals surface area contributed by atoms with Gasteiger partial charge >= 0.3 is 6.16 Å². The summed E-state index contributed by atoms with van der Waals surface area (Å²) in [6.07, 6.45) is 14.8. The molecule has 0 unspecified atom stereocenters. The molecule has 0 aromatic rings. The minimum Gasteiger partial charge on any atom is -0.431 e. The van der Waals surface area contributed by atoms with Crippen LogP contribution in [0.4, 0.5) is 4.79 Å². The topological polar surface area (TPSA) is 72.5 Å². The first-order valence-corrected chi connectivity index (χ1v) is 14.7. The first-order chi connectivity index (χ1) is 17.1. The Labute approximate surface area is 220 Å². The molecule has 212 valence electrons. The summed E-state index contributed by atoms with van der Waals surface area (Å²) in [5.41, 5.74) is -0.541. The average Bonchev–Trinajstić information content (AvgIpc) is 2.83. The fourth-order valence-corrected chi connectivity index (χ4v) is 4.87. The van der Waals surface area contributed by atoms with E-state index in [1.165, 1.54) is 25.7 Å². The average molecular weight is 515 g/mol. The van der Waals surface area contributed by atoms with E-state index in [0.717, 1.165) is 77.0 Å². The second kappa shape index (κ2) is 16.2. The Balaban J connectivity index is 1.56. The lowest BCUT2D eigenvalue weighted by molar-refractivity contribution is -0.382. The fraction of sp³-hybridized carbons (Fsp3) is 0.966. The molecular formula is C29H54O7. The Morgan fingerprint density at radius 3 is 1.25 bits per heavy atom. The van der Waals surface area contributed by atoms with Crippen molar-refractivity contribution >= 4 is 6.16 Å². The number of unbranched alkanes of at least 4 members (excludes halogenated alkanes) is 4. The Kier molecular flexibility index (Phi) is 14.1. The highest BCUT2D eigenvalue weighted by molar-refractivity contribution is 5.60. The second-order valence-corrected chi connectivity index (χ2v) is 12.1. The molecule has 0 aromatic heterocycles. The summed E-state index contributed by atoms with van der Waals surface area (Å²) in [5, 5.41) is 0. The second-order valence-electron chi connectivity index (χ2n) is 12.1. The van der Waals surface area contributed by atoms with Crippen molar-refractivity contribution in [1.29, 1.82) is 0 Å². The molecule has 2 aliphatic rings. The molecule has 0 spiro atoms. The lowest BCUT2D eigenvalue weighted by Gasteiger charge is -2.32. The molecule has 2 fully saturated rings. The van der Waals surface area contributed by atoms with Gasteiger partial charge in [0.15, 0.2) is 0 Å². The van der Waals surface area contributed by atoms with Crippen molar-refractivity contribution in [3.63, 3.8) is 0 Å². The molecule has 0 radical (unpaired) electrons. The summed E-state index contributed by atoms with van der Waals surface area (Å²) in [6.45, 7) is 12.7. The standard InChI is InChI=1S/C29H54O7/c1-7-9-11-21-28(3,4)35-33-25-17-13-23(14-18-25)31-27(30)32-24-15-19-26(20-16-24)34-36-29(5,6)22-12-10-8-2/h23-26H,7-22H2,1-6H3. The molecule has 0 aromatic carbocycles. The van der Waals surface area contributed by atoms with Gasteiger partial charge in [-0.25, -0.2) is 24.3 Å². The number of hydrogen-bond donors (Lipinski definition) is 0. The minimum atomic E-state index is -0.551. The number of carbonyl (C=O) groups excluding carboxylic acids is 1. The smallest absolute Gasteiger partial charge is 0.431 e. The quantitative estimate of drug-likeness (QED) is 0.0886. The van der Waals surface area contributed by atoms with Crippen LogP contribution in [0.5, 0.6) is 0 Å². The van der Waals surface area contributed by atoms with Crippen molar-refractivity contribution in [1.82, 2.24) is 0 Å². The number of hydrogen-bond acceptors (Lipinski definition) is 7. The third-order valence-electron chi connectivity index (χ3n) is 7.35. The Bertz CT molecular complexity index is 540. The van der Waals surface area contributed by atoms with Gasteiger partial charge in [0.1, 0.15) is 12.2 Å². The molecular weight excluding hydrogens is 460 g/mol.